The normalized spacial score (nSPS) is 17.6. The van der Waals surface area contributed by atoms with Crippen molar-refractivity contribution in [3.63, 3.8) is 0 Å². The minimum Gasteiger partial charge on any atom is -0.493 e. The van der Waals surface area contributed by atoms with Crippen molar-refractivity contribution in [1.29, 1.82) is 0 Å². The van der Waals surface area contributed by atoms with Crippen LogP contribution in [0.4, 0.5) is 23.2 Å². The topological polar surface area (TPSA) is 59.0 Å². The molecule has 0 bridgehead atoms. The van der Waals surface area contributed by atoms with E-state index in [1.54, 1.807) is 54.4 Å². The van der Waals surface area contributed by atoms with Crippen LogP contribution >= 0.6 is 0 Å². The number of anilines is 1. The number of amides is 1. The van der Waals surface area contributed by atoms with Gasteiger partial charge in [0.05, 0.1) is 24.4 Å². The van der Waals surface area contributed by atoms with E-state index >= 15 is 0 Å². The summed E-state index contributed by atoms with van der Waals surface area (Å²) in [7, 11) is 5.02. The number of aromatic nitrogens is 1. The average Bonchev–Trinajstić information content (AvgIpc) is 3.28. The minimum absolute atomic E-state index is 0.0179. The minimum atomic E-state index is -4.48. The largest absolute Gasteiger partial charge is 0.493 e. The number of benzene rings is 2. The van der Waals surface area contributed by atoms with Gasteiger partial charge in [0.1, 0.15) is 19.3 Å². The predicted octanol–water partition coefficient (Wildman–Crippen LogP) is 5.58. The van der Waals surface area contributed by atoms with Gasteiger partial charge in [0.15, 0.2) is 11.5 Å². The van der Waals surface area contributed by atoms with Gasteiger partial charge in [-0.25, -0.2) is 4.39 Å². The third-order valence-electron chi connectivity index (χ3n) is 7.39. The van der Waals surface area contributed by atoms with Gasteiger partial charge in [0, 0.05) is 42.8 Å². The second-order valence-electron chi connectivity index (χ2n) is 10.8. The molecule has 1 aliphatic rings. The van der Waals surface area contributed by atoms with Gasteiger partial charge in [0.2, 0.25) is 0 Å². The molecule has 4 rings (SSSR count). The number of alkyl halides is 4. The van der Waals surface area contributed by atoms with Crippen molar-refractivity contribution in [2.24, 2.45) is 0 Å². The highest BCUT2D eigenvalue weighted by atomic mass is 19.4. The van der Waals surface area contributed by atoms with Gasteiger partial charge in [-0.2, -0.15) is 13.2 Å². The fraction of sp³-hybridized carbons (Fsp3) is 0.452. The summed E-state index contributed by atoms with van der Waals surface area (Å²) in [5, 5.41) is 3.75. The summed E-state index contributed by atoms with van der Waals surface area (Å²) in [6, 6.07) is 10.9. The number of nitrogens with one attached hydrogen (secondary N) is 1. The third-order valence-corrected chi connectivity index (χ3v) is 7.39. The number of rotatable bonds is 8. The first-order valence-corrected chi connectivity index (χ1v) is 13.7. The quantitative estimate of drug-likeness (QED) is 0.275. The molecule has 1 fully saturated rings. The molecule has 2 atom stereocenters. The van der Waals surface area contributed by atoms with Crippen LogP contribution in [0.2, 0.25) is 0 Å². The third kappa shape index (κ3) is 7.29. The molecule has 11 heteroatoms. The first-order chi connectivity index (χ1) is 19.9. The van der Waals surface area contributed by atoms with E-state index in [4.69, 9.17) is 9.47 Å². The van der Waals surface area contributed by atoms with Crippen LogP contribution < -0.4 is 14.8 Å². The number of hydrogen-bond acceptors (Lipinski definition) is 5. The molecule has 1 aliphatic heterocycles. The standard InChI is InChI=1S/C31H36F4N4O3/c1-20(2)38(4)30(40)21-11-12-28(29(16-21)41-5)42-15-7-8-22-17-23-25(36-26-13-14-37(3)18-24(26)32)9-6-10-27(23)39(22)19-31(33,34)35/h6,9-12,16-17,20,24,26,36H,13-15,18-19H2,1-5H3. The lowest BCUT2D eigenvalue weighted by atomic mass is 10.0. The van der Waals surface area contributed by atoms with E-state index in [9.17, 15) is 22.4 Å². The van der Waals surface area contributed by atoms with Crippen molar-refractivity contribution in [2.45, 2.75) is 51.2 Å². The van der Waals surface area contributed by atoms with Crippen LogP contribution in [-0.4, -0.2) is 85.6 Å². The van der Waals surface area contributed by atoms with Crippen molar-refractivity contribution in [3.05, 3.63) is 53.7 Å². The van der Waals surface area contributed by atoms with Gasteiger partial charge in [-0.1, -0.05) is 12.0 Å². The Balaban J connectivity index is 1.57. The Bertz CT molecular complexity index is 1470. The van der Waals surface area contributed by atoms with E-state index in [0.29, 0.717) is 40.1 Å². The van der Waals surface area contributed by atoms with Crippen LogP contribution in [0.5, 0.6) is 11.5 Å². The smallest absolute Gasteiger partial charge is 0.406 e. The first kappa shape index (κ1) is 31.0. The van der Waals surface area contributed by atoms with Crippen LogP contribution in [0, 0.1) is 11.8 Å². The molecule has 7 nitrogen and oxygen atoms in total. The molecule has 1 N–H and O–H groups in total. The first-order valence-electron chi connectivity index (χ1n) is 13.7. The highest BCUT2D eigenvalue weighted by Crippen LogP contribution is 2.32. The molecule has 1 amide bonds. The van der Waals surface area contributed by atoms with Crippen molar-refractivity contribution in [3.8, 4) is 23.3 Å². The van der Waals surface area contributed by atoms with Crippen LogP contribution in [-0.2, 0) is 6.54 Å². The lowest BCUT2D eigenvalue weighted by Crippen LogP contribution is -2.46. The predicted molar refractivity (Wildman–Crippen MR) is 155 cm³/mol. The number of methoxy groups -OCH3 is 1. The molecule has 2 unspecified atom stereocenters. The number of nitrogens with zero attached hydrogens (tertiary/aromatic N) is 3. The Morgan fingerprint density at radius 2 is 1.95 bits per heavy atom. The number of halogens is 4. The Kier molecular flexibility index (Phi) is 9.57. The molecule has 42 heavy (non-hydrogen) atoms. The summed E-state index contributed by atoms with van der Waals surface area (Å²) in [6.45, 7) is 3.47. The summed E-state index contributed by atoms with van der Waals surface area (Å²) in [5.74, 6) is 6.12. The zero-order valence-corrected chi connectivity index (χ0v) is 24.4. The number of fused-ring (bicyclic) bond motifs is 1. The Morgan fingerprint density at radius 3 is 2.62 bits per heavy atom. The number of piperidine rings is 1. The molecule has 1 saturated heterocycles. The summed E-state index contributed by atoms with van der Waals surface area (Å²) < 4.78 is 67.6. The van der Waals surface area contributed by atoms with Gasteiger partial charge >= 0.3 is 6.18 Å². The number of carbonyl (C=O) groups is 1. The van der Waals surface area contributed by atoms with Crippen LogP contribution in [0.3, 0.4) is 0 Å². The molecule has 0 spiro atoms. The lowest BCUT2D eigenvalue weighted by Gasteiger charge is -2.33. The van der Waals surface area contributed by atoms with Crippen molar-refractivity contribution >= 4 is 22.5 Å². The fourth-order valence-corrected chi connectivity index (χ4v) is 4.88. The molecule has 1 aromatic heterocycles. The molecule has 3 aromatic rings. The number of hydrogen-bond donors (Lipinski definition) is 1. The molecule has 2 heterocycles. The van der Waals surface area contributed by atoms with Crippen molar-refractivity contribution < 1.29 is 31.8 Å². The van der Waals surface area contributed by atoms with E-state index < -0.39 is 24.9 Å². The van der Waals surface area contributed by atoms with Crippen molar-refractivity contribution in [1.82, 2.24) is 14.4 Å². The maximum atomic E-state index is 14.7. The second-order valence-corrected chi connectivity index (χ2v) is 10.8. The second kappa shape index (κ2) is 12.9. The highest BCUT2D eigenvalue weighted by molar-refractivity contribution is 5.95. The van der Waals surface area contributed by atoms with Crippen LogP contribution in [0.15, 0.2) is 42.5 Å². The number of ether oxygens (including phenoxy) is 2. The molecular formula is C31H36F4N4O3. The maximum absolute atomic E-state index is 14.7. The SMILES string of the molecule is COc1cc(C(=O)N(C)C(C)C)ccc1OCC#Cc1cc2c(NC3CCN(C)CC3F)cccc2n1CC(F)(F)F. The monoisotopic (exact) mass is 588 g/mol. The van der Waals surface area contributed by atoms with Gasteiger partial charge in [0.25, 0.3) is 5.91 Å². The number of carbonyl (C=O) groups excluding carboxylic acids is 1. The fourth-order valence-electron chi connectivity index (χ4n) is 4.88. The Morgan fingerprint density at radius 1 is 1.19 bits per heavy atom. The Hall–Kier alpha value is -3.91. The van der Waals surface area contributed by atoms with Gasteiger partial charge < -0.3 is 29.2 Å². The zero-order valence-electron chi connectivity index (χ0n) is 24.4. The summed E-state index contributed by atoms with van der Waals surface area (Å²) >= 11 is 0. The molecule has 2 aromatic carbocycles. The molecule has 0 radical (unpaired) electrons. The average molecular weight is 589 g/mol. The number of likely N-dealkylation sites (tertiary alicyclic amines) is 1. The Labute approximate surface area is 243 Å². The molecule has 226 valence electrons. The van der Waals surface area contributed by atoms with Gasteiger partial charge in [-0.05, 0) is 69.6 Å². The lowest BCUT2D eigenvalue weighted by molar-refractivity contribution is -0.140. The van der Waals surface area contributed by atoms with Gasteiger partial charge in [-0.3, -0.25) is 4.79 Å². The maximum Gasteiger partial charge on any atom is 0.406 e. The van der Waals surface area contributed by atoms with Crippen LogP contribution in [0.1, 0.15) is 36.3 Å². The van der Waals surface area contributed by atoms with E-state index in [2.05, 4.69) is 17.2 Å². The summed E-state index contributed by atoms with van der Waals surface area (Å²) in [5.41, 5.74) is 1.50. The van der Waals surface area contributed by atoms with E-state index in [0.717, 1.165) is 11.1 Å². The zero-order chi connectivity index (χ0) is 30.6. The molecule has 0 saturated carbocycles. The summed E-state index contributed by atoms with van der Waals surface area (Å²) in [6.07, 6.45) is -5.00. The molecule has 0 aliphatic carbocycles. The van der Waals surface area contributed by atoms with E-state index in [1.165, 1.54) is 7.11 Å². The van der Waals surface area contributed by atoms with Gasteiger partial charge in [-0.15, -0.1) is 0 Å². The summed E-state index contributed by atoms with van der Waals surface area (Å²) in [4.78, 5) is 16.2. The van der Waals surface area contributed by atoms with E-state index in [1.807, 2.05) is 25.8 Å². The van der Waals surface area contributed by atoms with E-state index in [-0.39, 0.29) is 30.8 Å². The molecular weight excluding hydrogens is 552 g/mol. The van der Waals surface area contributed by atoms with Crippen LogP contribution in [0.25, 0.3) is 10.9 Å². The van der Waals surface area contributed by atoms with Crippen molar-refractivity contribution in [2.75, 3.05) is 46.2 Å². The highest BCUT2D eigenvalue weighted by Gasteiger charge is 2.31.